The van der Waals surface area contributed by atoms with Crippen LogP contribution in [0.25, 0.3) is 10.9 Å². The minimum absolute atomic E-state index is 0.583. The fraction of sp³-hybridized carbons (Fsp3) is 0.429. The Labute approximate surface area is 96.9 Å². The molecule has 0 spiro atoms. The summed E-state index contributed by atoms with van der Waals surface area (Å²) in [5, 5.41) is 1.37. The lowest BCUT2D eigenvalue weighted by atomic mass is 9.94. The number of benzene rings is 1. The van der Waals surface area contributed by atoms with Crippen molar-refractivity contribution in [2.75, 3.05) is 6.54 Å². The topological polar surface area (TPSA) is 41.8 Å². The van der Waals surface area contributed by atoms with Crippen molar-refractivity contribution in [2.45, 2.75) is 32.6 Å². The highest BCUT2D eigenvalue weighted by Crippen LogP contribution is 2.31. The highest BCUT2D eigenvalue weighted by atomic mass is 14.7. The summed E-state index contributed by atoms with van der Waals surface area (Å²) >= 11 is 0. The van der Waals surface area contributed by atoms with E-state index >= 15 is 0 Å². The van der Waals surface area contributed by atoms with Gasteiger partial charge in [0, 0.05) is 16.6 Å². The Balaban J connectivity index is 2.38. The molecule has 0 aliphatic carbocycles. The molecule has 3 N–H and O–H groups in total. The minimum atomic E-state index is 0.583. The summed E-state index contributed by atoms with van der Waals surface area (Å²) in [5.41, 5.74) is 9.58. The Morgan fingerprint density at radius 2 is 2.06 bits per heavy atom. The van der Waals surface area contributed by atoms with E-state index in [1.165, 1.54) is 28.6 Å². The maximum Gasteiger partial charge on any atom is 0.0458 e. The quantitative estimate of drug-likeness (QED) is 0.808. The largest absolute Gasteiger partial charge is 0.358 e. The van der Waals surface area contributed by atoms with Gasteiger partial charge in [-0.25, -0.2) is 0 Å². The molecule has 0 radical (unpaired) electrons. The van der Waals surface area contributed by atoms with Crippen molar-refractivity contribution in [2.24, 2.45) is 5.73 Å². The zero-order valence-corrected chi connectivity index (χ0v) is 10.1. The van der Waals surface area contributed by atoms with E-state index in [1.54, 1.807) is 0 Å². The number of rotatable bonds is 4. The number of nitrogens with one attached hydrogen (secondary N) is 1. The predicted octanol–water partition coefficient (Wildman–Crippen LogP) is 3.32. The average molecular weight is 216 g/mol. The van der Waals surface area contributed by atoms with E-state index in [2.05, 4.69) is 43.1 Å². The molecule has 2 nitrogen and oxygen atoms in total. The molecular formula is C14H20N2. The van der Waals surface area contributed by atoms with Gasteiger partial charge in [-0.3, -0.25) is 0 Å². The van der Waals surface area contributed by atoms with Crippen LogP contribution in [0.3, 0.4) is 0 Å². The van der Waals surface area contributed by atoms with Crippen LogP contribution in [0.1, 0.15) is 36.9 Å². The molecule has 0 aliphatic heterocycles. The molecule has 0 saturated carbocycles. The third-order valence-electron chi connectivity index (χ3n) is 3.28. The first-order chi connectivity index (χ1) is 7.74. The summed E-state index contributed by atoms with van der Waals surface area (Å²) in [4.78, 5) is 3.45. The zero-order valence-electron chi connectivity index (χ0n) is 10.1. The van der Waals surface area contributed by atoms with Gasteiger partial charge in [0.2, 0.25) is 0 Å². The molecule has 1 heterocycles. The van der Waals surface area contributed by atoms with Gasteiger partial charge in [-0.15, -0.1) is 0 Å². The summed E-state index contributed by atoms with van der Waals surface area (Å²) in [7, 11) is 0. The van der Waals surface area contributed by atoms with Crippen molar-refractivity contribution in [3.05, 3.63) is 35.5 Å². The van der Waals surface area contributed by atoms with Crippen molar-refractivity contribution in [1.29, 1.82) is 0 Å². The lowest BCUT2D eigenvalue weighted by Gasteiger charge is -2.11. The molecule has 1 atom stereocenters. The highest BCUT2D eigenvalue weighted by Gasteiger charge is 2.13. The first-order valence-corrected chi connectivity index (χ1v) is 6.01. The van der Waals surface area contributed by atoms with Gasteiger partial charge in [0.15, 0.2) is 0 Å². The third-order valence-corrected chi connectivity index (χ3v) is 3.28. The van der Waals surface area contributed by atoms with Gasteiger partial charge in [-0.1, -0.05) is 25.1 Å². The molecule has 0 aliphatic rings. The van der Waals surface area contributed by atoms with Gasteiger partial charge >= 0.3 is 0 Å². The minimum Gasteiger partial charge on any atom is -0.358 e. The van der Waals surface area contributed by atoms with Crippen LogP contribution in [0, 0.1) is 6.92 Å². The molecule has 2 aromatic rings. The van der Waals surface area contributed by atoms with E-state index in [1.807, 2.05) is 0 Å². The number of fused-ring (bicyclic) bond motifs is 1. The Morgan fingerprint density at radius 1 is 1.31 bits per heavy atom. The Kier molecular flexibility index (Phi) is 3.30. The van der Waals surface area contributed by atoms with Crippen molar-refractivity contribution in [3.63, 3.8) is 0 Å². The number of nitrogens with two attached hydrogens (primary N) is 1. The zero-order chi connectivity index (χ0) is 11.5. The second kappa shape index (κ2) is 4.71. The molecule has 2 heteroatoms. The van der Waals surface area contributed by atoms with Crippen molar-refractivity contribution in [1.82, 2.24) is 4.98 Å². The second-order valence-corrected chi connectivity index (χ2v) is 4.54. The van der Waals surface area contributed by atoms with Gasteiger partial charge < -0.3 is 10.7 Å². The Bertz CT molecular complexity index is 471. The van der Waals surface area contributed by atoms with Crippen molar-refractivity contribution >= 4 is 10.9 Å². The van der Waals surface area contributed by atoms with Crippen LogP contribution in [-0.4, -0.2) is 11.5 Å². The maximum absolute atomic E-state index is 5.57. The summed E-state index contributed by atoms with van der Waals surface area (Å²) in [6.07, 6.45) is 2.26. The van der Waals surface area contributed by atoms with Crippen molar-refractivity contribution < 1.29 is 0 Å². The van der Waals surface area contributed by atoms with Crippen LogP contribution in [0.4, 0.5) is 0 Å². The molecule has 86 valence electrons. The fourth-order valence-electron chi connectivity index (χ4n) is 2.50. The number of aryl methyl sites for hydroxylation is 1. The molecule has 0 amide bonds. The van der Waals surface area contributed by atoms with Gasteiger partial charge in [0.1, 0.15) is 0 Å². The number of aromatic amines is 1. The number of hydrogen-bond donors (Lipinski definition) is 2. The molecule has 1 aromatic carbocycles. The number of H-pyrrole nitrogens is 1. The van der Waals surface area contributed by atoms with E-state index in [4.69, 9.17) is 5.73 Å². The number of hydrogen-bond acceptors (Lipinski definition) is 1. The summed E-state index contributed by atoms with van der Waals surface area (Å²) in [5.74, 6) is 0.583. The SMILES string of the molecule is Cc1[nH]c2ccccc2c1C(C)CCCN. The van der Waals surface area contributed by atoms with E-state index in [9.17, 15) is 0 Å². The standard InChI is InChI=1S/C14H20N2/c1-10(6-5-9-15)14-11(2)16-13-8-4-3-7-12(13)14/h3-4,7-8,10,16H,5-6,9,15H2,1-2H3. The van der Waals surface area contributed by atoms with Crippen LogP contribution in [0.15, 0.2) is 24.3 Å². The van der Waals surface area contributed by atoms with Gasteiger partial charge in [0.25, 0.3) is 0 Å². The first kappa shape index (κ1) is 11.2. The Morgan fingerprint density at radius 3 is 2.81 bits per heavy atom. The van der Waals surface area contributed by atoms with E-state index < -0.39 is 0 Å². The normalized spacial score (nSPS) is 13.2. The first-order valence-electron chi connectivity index (χ1n) is 6.01. The smallest absolute Gasteiger partial charge is 0.0458 e. The van der Waals surface area contributed by atoms with E-state index in [-0.39, 0.29) is 0 Å². The highest BCUT2D eigenvalue weighted by molar-refractivity contribution is 5.85. The van der Waals surface area contributed by atoms with Crippen LogP contribution in [-0.2, 0) is 0 Å². The van der Waals surface area contributed by atoms with Gasteiger partial charge in [-0.2, -0.15) is 0 Å². The Hall–Kier alpha value is -1.28. The lowest BCUT2D eigenvalue weighted by Crippen LogP contribution is -2.02. The predicted molar refractivity (Wildman–Crippen MR) is 69.7 cm³/mol. The second-order valence-electron chi connectivity index (χ2n) is 4.54. The molecular weight excluding hydrogens is 196 g/mol. The van der Waals surface area contributed by atoms with Crippen LogP contribution in [0.5, 0.6) is 0 Å². The molecule has 0 fully saturated rings. The van der Waals surface area contributed by atoms with E-state index in [0.717, 1.165) is 13.0 Å². The van der Waals surface area contributed by atoms with Crippen LogP contribution in [0.2, 0.25) is 0 Å². The monoisotopic (exact) mass is 216 g/mol. The van der Waals surface area contributed by atoms with Gasteiger partial charge in [0.05, 0.1) is 0 Å². The average Bonchev–Trinajstić information content (AvgIpc) is 2.62. The molecule has 0 bridgehead atoms. The molecule has 16 heavy (non-hydrogen) atoms. The molecule has 2 rings (SSSR count). The maximum atomic E-state index is 5.57. The van der Waals surface area contributed by atoms with E-state index in [0.29, 0.717) is 5.92 Å². The van der Waals surface area contributed by atoms with Crippen LogP contribution >= 0.6 is 0 Å². The summed E-state index contributed by atoms with van der Waals surface area (Å²) in [6.45, 7) is 5.23. The molecule has 0 saturated heterocycles. The molecule has 1 aromatic heterocycles. The fourth-order valence-corrected chi connectivity index (χ4v) is 2.50. The number of aromatic nitrogens is 1. The summed E-state index contributed by atoms with van der Waals surface area (Å²) in [6, 6.07) is 8.52. The third kappa shape index (κ3) is 1.98. The lowest BCUT2D eigenvalue weighted by molar-refractivity contribution is 0.641. The number of para-hydroxylation sites is 1. The van der Waals surface area contributed by atoms with Crippen LogP contribution < -0.4 is 5.73 Å². The van der Waals surface area contributed by atoms with Gasteiger partial charge in [-0.05, 0) is 43.9 Å². The summed E-state index contributed by atoms with van der Waals surface area (Å²) < 4.78 is 0. The molecule has 1 unspecified atom stereocenters. The van der Waals surface area contributed by atoms with Crippen molar-refractivity contribution in [3.8, 4) is 0 Å².